The first kappa shape index (κ1) is 13.2. The van der Waals surface area contributed by atoms with Crippen molar-refractivity contribution in [3.63, 3.8) is 0 Å². The van der Waals surface area contributed by atoms with Gasteiger partial charge in [-0.3, -0.25) is 0 Å². The van der Waals surface area contributed by atoms with Gasteiger partial charge in [0.15, 0.2) is 0 Å². The van der Waals surface area contributed by atoms with Crippen molar-refractivity contribution in [1.29, 1.82) is 0 Å². The van der Waals surface area contributed by atoms with E-state index in [9.17, 15) is 0 Å². The molecule has 0 aliphatic carbocycles. The van der Waals surface area contributed by atoms with Crippen molar-refractivity contribution in [2.75, 3.05) is 0 Å². The third-order valence-electron chi connectivity index (χ3n) is 3.94. The summed E-state index contributed by atoms with van der Waals surface area (Å²) in [6.45, 7) is 4.49. The summed E-state index contributed by atoms with van der Waals surface area (Å²) < 4.78 is 0. The highest BCUT2D eigenvalue weighted by Crippen LogP contribution is 2.26. The maximum atomic E-state index is 3.67. The second-order valence-electron chi connectivity index (χ2n) is 5.56. The second-order valence-corrected chi connectivity index (χ2v) is 5.56. The largest absolute Gasteiger partial charge is 0.0651 e. The molecule has 3 rings (SSSR count). The summed E-state index contributed by atoms with van der Waals surface area (Å²) in [6, 6.07) is 19.2. The van der Waals surface area contributed by atoms with Crippen molar-refractivity contribution in [3.05, 3.63) is 59.7 Å². The average molecular weight is 261 g/mol. The Bertz CT molecular complexity index is 673. The fourth-order valence-corrected chi connectivity index (χ4v) is 2.97. The molecule has 0 atom stereocenters. The van der Waals surface area contributed by atoms with Gasteiger partial charge in [0.1, 0.15) is 0 Å². The number of benzene rings is 3. The molecule has 0 unspecified atom stereocenters. The van der Waals surface area contributed by atoms with Crippen LogP contribution in [0.3, 0.4) is 0 Å². The lowest BCUT2D eigenvalue weighted by Gasteiger charge is -2.11. The molecule has 0 amide bonds. The van der Waals surface area contributed by atoms with Gasteiger partial charge >= 0.3 is 0 Å². The molecule has 101 valence electrons. The Kier molecular flexibility index (Phi) is 3.73. The van der Waals surface area contributed by atoms with E-state index >= 15 is 0 Å². The van der Waals surface area contributed by atoms with Gasteiger partial charge in [-0.1, -0.05) is 57.0 Å². The van der Waals surface area contributed by atoms with Gasteiger partial charge in [0.25, 0.3) is 0 Å². The van der Waals surface area contributed by atoms with E-state index in [1.165, 1.54) is 45.5 Å². The molecule has 20 heavy (non-hydrogen) atoms. The van der Waals surface area contributed by atoms with Crippen LogP contribution in [-0.4, -0.2) is 0 Å². The first-order chi connectivity index (χ1) is 9.81. The molecule has 0 heterocycles. The van der Waals surface area contributed by atoms with Crippen molar-refractivity contribution in [1.82, 2.24) is 0 Å². The standard InChI is InChI=1S/C20H21/c1-3-7-15-11-19-13-17-9-5-6-10-18(17)14-20(19)12-16(15)8-4-2/h5-6,9-11,13-14H,3-4,7-8H2,1-2H3. The van der Waals surface area contributed by atoms with Crippen molar-refractivity contribution < 1.29 is 0 Å². The molecule has 0 saturated heterocycles. The summed E-state index contributed by atoms with van der Waals surface area (Å²) in [4.78, 5) is 0. The molecule has 0 spiro atoms. The van der Waals surface area contributed by atoms with Gasteiger partial charge in [-0.25, -0.2) is 0 Å². The molecule has 0 nitrogen and oxygen atoms in total. The summed E-state index contributed by atoms with van der Waals surface area (Å²) in [5.41, 5.74) is 2.90. The Labute approximate surface area is 121 Å². The SMILES string of the molecule is CCCc1[c]c2cc3ccccc3cc2cc1CCC. The summed E-state index contributed by atoms with van der Waals surface area (Å²) in [6.07, 6.45) is 4.68. The normalized spacial score (nSPS) is 11.3. The molecule has 3 aromatic rings. The predicted molar refractivity (Wildman–Crippen MR) is 88.3 cm³/mol. The highest BCUT2D eigenvalue weighted by atomic mass is 14.1. The van der Waals surface area contributed by atoms with Gasteiger partial charge in [-0.05, 0) is 63.7 Å². The maximum absolute atomic E-state index is 3.67. The van der Waals surface area contributed by atoms with Gasteiger partial charge in [0.2, 0.25) is 0 Å². The lowest BCUT2D eigenvalue weighted by molar-refractivity contribution is 0.863. The van der Waals surface area contributed by atoms with E-state index in [0.29, 0.717) is 0 Å². The zero-order valence-corrected chi connectivity index (χ0v) is 12.4. The van der Waals surface area contributed by atoms with Crippen LogP contribution in [0.4, 0.5) is 0 Å². The molecule has 3 aromatic carbocycles. The summed E-state index contributed by atoms with van der Waals surface area (Å²) in [7, 11) is 0. The van der Waals surface area contributed by atoms with E-state index in [0.717, 1.165) is 12.8 Å². The smallest absolute Gasteiger partial charge is 0.00612 e. The molecule has 0 aliphatic heterocycles. The van der Waals surface area contributed by atoms with E-state index in [4.69, 9.17) is 0 Å². The molecule has 0 bridgehead atoms. The maximum Gasteiger partial charge on any atom is -0.00612 e. The number of hydrogen-bond donors (Lipinski definition) is 0. The Hall–Kier alpha value is -1.82. The van der Waals surface area contributed by atoms with Gasteiger partial charge in [0.05, 0.1) is 0 Å². The van der Waals surface area contributed by atoms with Crippen LogP contribution in [0.2, 0.25) is 0 Å². The molecular weight excluding hydrogens is 240 g/mol. The molecule has 0 heteroatoms. The van der Waals surface area contributed by atoms with E-state index in [-0.39, 0.29) is 0 Å². The third-order valence-corrected chi connectivity index (χ3v) is 3.94. The van der Waals surface area contributed by atoms with Crippen LogP contribution in [0.15, 0.2) is 42.5 Å². The fraction of sp³-hybridized carbons (Fsp3) is 0.300. The molecule has 0 fully saturated rings. The minimum absolute atomic E-state index is 1.14. The van der Waals surface area contributed by atoms with Crippen LogP contribution < -0.4 is 0 Å². The monoisotopic (exact) mass is 261 g/mol. The number of rotatable bonds is 4. The lowest BCUT2D eigenvalue weighted by Crippen LogP contribution is -1.95. The Balaban J connectivity index is 2.23. The van der Waals surface area contributed by atoms with Crippen LogP contribution >= 0.6 is 0 Å². The zero-order chi connectivity index (χ0) is 13.9. The van der Waals surface area contributed by atoms with Gasteiger partial charge < -0.3 is 0 Å². The predicted octanol–water partition coefficient (Wildman–Crippen LogP) is 5.70. The van der Waals surface area contributed by atoms with E-state index in [2.05, 4.69) is 62.4 Å². The fourth-order valence-electron chi connectivity index (χ4n) is 2.97. The molecule has 0 N–H and O–H groups in total. The summed E-state index contributed by atoms with van der Waals surface area (Å²) in [5.74, 6) is 0. The van der Waals surface area contributed by atoms with Crippen LogP contribution in [0.25, 0.3) is 21.5 Å². The Morgan fingerprint density at radius 2 is 1.50 bits per heavy atom. The first-order valence-electron chi connectivity index (χ1n) is 7.68. The molecule has 1 radical (unpaired) electrons. The second kappa shape index (κ2) is 5.66. The number of aryl methyl sites for hydroxylation is 2. The quantitative estimate of drug-likeness (QED) is 0.529. The number of fused-ring (bicyclic) bond motifs is 2. The Morgan fingerprint density at radius 3 is 2.20 bits per heavy atom. The minimum Gasteiger partial charge on any atom is -0.0651 e. The van der Waals surface area contributed by atoms with Gasteiger partial charge in [-0.2, -0.15) is 0 Å². The highest BCUT2D eigenvalue weighted by Gasteiger charge is 2.06. The van der Waals surface area contributed by atoms with Crippen molar-refractivity contribution >= 4 is 21.5 Å². The van der Waals surface area contributed by atoms with Gasteiger partial charge in [-0.15, -0.1) is 0 Å². The van der Waals surface area contributed by atoms with Crippen LogP contribution in [0.5, 0.6) is 0 Å². The molecule has 0 aliphatic rings. The van der Waals surface area contributed by atoms with Crippen molar-refractivity contribution in [2.24, 2.45) is 0 Å². The third kappa shape index (κ3) is 2.43. The van der Waals surface area contributed by atoms with E-state index in [1.807, 2.05) is 0 Å². The van der Waals surface area contributed by atoms with Crippen LogP contribution in [0, 0.1) is 6.07 Å². The Morgan fingerprint density at radius 1 is 0.800 bits per heavy atom. The minimum atomic E-state index is 1.14. The van der Waals surface area contributed by atoms with Crippen LogP contribution in [0.1, 0.15) is 37.8 Å². The first-order valence-corrected chi connectivity index (χ1v) is 7.68. The van der Waals surface area contributed by atoms with Crippen molar-refractivity contribution in [3.8, 4) is 0 Å². The molecular formula is C20H21. The molecule has 0 aromatic heterocycles. The van der Waals surface area contributed by atoms with Crippen LogP contribution in [-0.2, 0) is 12.8 Å². The van der Waals surface area contributed by atoms with Crippen molar-refractivity contribution in [2.45, 2.75) is 39.5 Å². The summed E-state index contributed by atoms with van der Waals surface area (Å²) in [5, 5.41) is 5.21. The van der Waals surface area contributed by atoms with E-state index < -0.39 is 0 Å². The highest BCUT2D eigenvalue weighted by molar-refractivity contribution is 5.98. The lowest BCUT2D eigenvalue weighted by atomic mass is 9.94. The molecule has 0 saturated carbocycles. The topological polar surface area (TPSA) is 0 Å². The van der Waals surface area contributed by atoms with Gasteiger partial charge in [0, 0.05) is 0 Å². The average Bonchev–Trinajstić information content (AvgIpc) is 2.46. The zero-order valence-electron chi connectivity index (χ0n) is 12.4. The van der Waals surface area contributed by atoms with E-state index in [1.54, 1.807) is 0 Å². The number of hydrogen-bond acceptors (Lipinski definition) is 0. The summed E-state index contributed by atoms with van der Waals surface area (Å²) >= 11 is 0.